The summed E-state index contributed by atoms with van der Waals surface area (Å²) < 4.78 is 26.8. The normalized spacial score (nSPS) is 17.8. The summed E-state index contributed by atoms with van der Waals surface area (Å²) >= 11 is 0. The summed E-state index contributed by atoms with van der Waals surface area (Å²) in [5.41, 5.74) is 6.12. The van der Waals surface area contributed by atoms with Crippen LogP contribution in [-0.4, -0.2) is 39.5 Å². The Morgan fingerprint density at radius 2 is 1.65 bits per heavy atom. The molecule has 5 nitrogen and oxygen atoms in total. The van der Waals surface area contributed by atoms with Gasteiger partial charge in [0, 0.05) is 18.8 Å². The van der Waals surface area contributed by atoms with Crippen LogP contribution in [0.2, 0.25) is 0 Å². The summed E-state index contributed by atoms with van der Waals surface area (Å²) in [6, 6.07) is 6.26. The summed E-state index contributed by atoms with van der Waals surface area (Å²) in [4.78, 5) is 2.60. The van der Waals surface area contributed by atoms with Crippen molar-refractivity contribution < 1.29 is 8.42 Å². The maximum Gasteiger partial charge on any atom is 0.240 e. The van der Waals surface area contributed by atoms with Gasteiger partial charge in [-0.3, -0.25) is 0 Å². The highest BCUT2D eigenvalue weighted by molar-refractivity contribution is 7.89. The number of hydrogen-bond donors (Lipinski definition) is 2. The van der Waals surface area contributed by atoms with Gasteiger partial charge in [0.2, 0.25) is 10.0 Å². The van der Waals surface area contributed by atoms with E-state index in [4.69, 9.17) is 5.73 Å². The van der Waals surface area contributed by atoms with Crippen molar-refractivity contribution in [2.45, 2.75) is 30.6 Å². The number of nitrogens with two attached hydrogens (primary N) is 1. The second-order valence-electron chi connectivity index (χ2n) is 5.22. The second kappa shape index (κ2) is 7.06. The summed E-state index contributed by atoms with van der Waals surface area (Å²) in [5.74, 6) is 0. The van der Waals surface area contributed by atoms with Gasteiger partial charge in [0.1, 0.15) is 0 Å². The lowest BCUT2D eigenvalue weighted by molar-refractivity contribution is 0.290. The summed E-state index contributed by atoms with van der Waals surface area (Å²) in [7, 11) is -3.42. The molecule has 1 aromatic carbocycles. The Kier molecular flexibility index (Phi) is 5.39. The standard InChI is InChI=1S/C14H23N3O2S/c15-13-5-7-14(8-6-13)20(18,19)16-9-12-17-10-3-1-2-4-11-17/h5-8,16H,1-4,9-12,15H2. The van der Waals surface area contributed by atoms with Crippen molar-refractivity contribution in [2.24, 2.45) is 0 Å². The van der Waals surface area contributed by atoms with Crippen LogP contribution >= 0.6 is 0 Å². The molecule has 1 fully saturated rings. The molecule has 20 heavy (non-hydrogen) atoms. The molecule has 0 bridgehead atoms. The van der Waals surface area contributed by atoms with Crippen molar-refractivity contribution >= 4 is 15.7 Å². The highest BCUT2D eigenvalue weighted by Gasteiger charge is 2.14. The van der Waals surface area contributed by atoms with Crippen LogP contribution in [0.3, 0.4) is 0 Å². The molecule has 0 atom stereocenters. The Morgan fingerprint density at radius 3 is 2.25 bits per heavy atom. The van der Waals surface area contributed by atoms with E-state index >= 15 is 0 Å². The molecule has 0 spiro atoms. The van der Waals surface area contributed by atoms with Crippen LogP contribution < -0.4 is 10.5 Å². The Morgan fingerprint density at radius 1 is 1.05 bits per heavy atom. The number of nitrogen functional groups attached to an aromatic ring is 1. The SMILES string of the molecule is Nc1ccc(S(=O)(=O)NCCN2CCCCCC2)cc1. The lowest BCUT2D eigenvalue weighted by atomic mass is 10.2. The summed E-state index contributed by atoms with van der Waals surface area (Å²) in [6.07, 6.45) is 5.00. The third kappa shape index (κ3) is 4.47. The smallest absolute Gasteiger partial charge is 0.240 e. The van der Waals surface area contributed by atoms with Crippen molar-refractivity contribution in [3.63, 3.8) is 0 Å². The van der Waals surface area contributed by atoms with Gasteiger partial charge >= 0.3 is 0 Å². The van der Waals surface area contributed by atoms with E-state index in [0.717, 1.165) is 19.6 Å². The van der Waals surface area contributed by atoms with Gasteiger partial charge in [-0.25, -0.2) is 13.1 Å². The molecule has 1 saturated heterocycles. The van der Waals surface area contributed by atoms with E-state index in [-0.39, 0.29) is 4.90 Å². The van der Waals surface area contributed by atoms with Crippen LogP contribution in [0.4, 0.5) is 5.69 Å². The molecule has 0 radical (unpaired) electrons. The first-order valence-electron chi connectivity index (χ1n) is 7.15. The molecule has 1 aliphatic heterocycles. The third-order valence-corrected chi connectivity index (χ3v) is 5.09. The average Bonchev–Trinajstić information content (AvgIpc) is 2.68. The zero-order valence-electron chi connectivity index (χ0n) is 11.7. The summed E-state index contributed by atoms with van der Waals surface area (Å²) in [5, 5.41) is 0. The molecular formula is C14H23N3O2S. The highest BCUT2D eigenvalue weighted by Crippen LogP contribution is 2.12. The number of benzene rings is 1. The van der Waals surface area contributed by atoms with E-state index in [0.29, 0.717) is 12.2 Å². The first-order valence-corrected chi connectivity index (χ1v) is 8.64. The van der Waals surface area contributed by atoms with Gasteiger partial charge in [0.05, 0.1) is 4.90 Å². The van der Waals surface area contributed by atoms with Crippen LogP contribution in [0.15, 0.2) is 29.2 Å². The topological polar surface area (TPSA) is 75.4 Å². The van der Waals surface area contributed by atoms with Gasteiger partial charge in [0.25, 0.3) is 0 Å². The van der Waals surface area contributed by atoms with Gasteiger partial charge in [-0.1, -0.05) is 12.8 Å². The predicted octanol–water partition coefficient (Wildman–Crippen LogP) is 1.42. The first kappa shape index (κ1) is 15.3. The van der Waals surface area contributed by atoms with Gasteiger partial charge in [-0.05, 0) is 50.2 Å². The second-order valence-corrected chi connectivity index (χ2v) is 6.99. The lowest BCUT2D eigenvalue weighted by Crippen LogP contribution is -2.35. The zero-order valence-corrected chi connectivity index (χ0v) is 12.5. The van der Waals surface area contributed by atoms with Gasteiger partial charge in [-0.15, -0.1) is 0 Å². The molecule has 1 aromatic rings. The Labute approximate surface area is 121 Å². The van der Waals surface area contributed by atoms with Crippen LogP contribution in [0.25, 0.3) is 0 Å². The fourth-order valence-electron chi connectivity index (χ4n) is 2.43. The van der Waals surface area contributed by atoms with Crippen molar-refractivity contribution in [1.82, 2.24) is 9.62 Å². The number of nitrogens with one attached hydrogen (secondary N) is 1. The molecule has 1 heterocycles. The number of hydrogen-bond acceptors (Lipinski definition) is 4. The summed E-state index contributed by atoms with van der Waals surface area (Å²) in [6.45, 7) is 3.37. The third-order valence-electron chi connectivity index (χ3n) is 3.61. The van der Waals surface area contributed by atoms with Crippen LogP contribution in [0.5, 0.6) is 0 Å². The van der Waals surface area contributed by atoms with Crippen LogP contribution in [-0.2, 0) is 10.0 Å². The minimum atomic E-state index is -3.42. The number of likely N-dealkylation sites (tertiary alicyclic amines) is 1. The number of rotatable bonds is 5. The Hall–Kier alpha value is -1.11. The van der Waals surface area contributed by atoms with E-state index in [2.05, 4.69) is 9.62 Å². The van der Waals surface area contributed by atoms with Gasteiger partial charge < -0.3 is 10.6 Å². The van der Waals surface area contributed by atoms with E-state index in [1.54, 1.807) is 12.1 Å². The zero-order chi connectivity index (χ0) is 14.4. The molecule has 6 heteroatoms. The maximum atomic E-state index is 12.1. The predicted molar refractivity (Wildman–Crippen MR) is 81.0 cm³/mol. The molecule has 1 aliphatic rings. The average molecular weight is 297 g/mol. The van der Waals surface area contributed by atoms with Gasteiger partial charge in [-0.2, -0.15) is 0 Å². The molecule has 0 aliphatic carbocycles. The number of anilines is 1. The van der Waals surface area contributed by atoms with Crippen molar-refractivity contribution in [1.29, 1.82) is 0 Å². The largest absolute Gasteiger partial charge is 0.399 e. The van der Waals surface area contributed by atoms with Crippen LogP contribution in [0, 0.1) is 0 Å². The van der Waals surface area contributed by atoms with Gasteiger partial charge in [0.15, 0.2) is 0 Å². The molecule has 3 N–H and O–H groups in total. The fourth-order valence-corrected chi connectivity index (χ4v) is 3.45. The molecule has 0 amide bonds. The Balaban J connectivity index is 1.84. The fraction of sp³-hybridized carbons (Fsp3) is 0.571. The van der Waals surface area contributed by atoms with Crippen molar-refractivity contribution in [2.75, 3.05) is 31.9 Å². The molecule has 0 unspecified atom stereocenters. The Bertz CT molecular complexity index is 506. The molecule has 0 aromatic heterocycles. The molecule has 2 rings (SSSR count). The minimum absolute atomic E-state index is 0.266. The van der Waals surface area contributed by atoms with Crippen molar-refractivity contribution in [3.05, 3.63) is 24.3 Å². The minimum Gasteiger partial charge on any atom is -0.399 e. The van der Waals surface area contributed by atoms with Crippen LogP contribution in [0.1, 0.15) is 25.7 Å². The van der Waals surface area contributed by atoms with Crippen molar-refractivity contribution in [3.8, 4) is 0 Å². The highest BCUT2D eigenvalue weighted by atomic mass is 32.2. The van der Waals surface area contributed by atoms with E-state index in [1.807, 2.05) is 0 Å². The maximum absolute atomic E-state index is 12.1. The number of nitrogens with zero attached hydrogens (tertiary/aromatic N) is 1. The quantitative estimate of drug-likeness (QED) is 0.806. The van der Waals surface area contributed by atoms with E-state index in [9.17, 15) is 8.42 Å². The van der Waals surface area contributed by atoms with E-state index in [1.165, 1.54) is 37.8 Å². The number of sulfonamides is 1. The molecule has 112 valence electrons. The first-order chi connectivity index (χ1) is 9.58. The molecular weight excluding hydrogens is 274 g/mol. The molecule has 0 saturated carbocycles. The van der Waals surface area contributed by atoms with E-state index < -0.39 is 10.0 Å². The monoisotopic (exact) mass is 297 g/mol. The lowest BCUT2D eigenvalue weighted by Gasteiger charge is -2.19.